The molecule has 39 heavy (non-hydrogen) atoms. The SMILES string of the molecule is COC(=O)C1CN(c2ccccc2[N+](=O)[O-])CCN1C(=O)[C@@H](Cc1c[nH]c2ccccc12)NC(=O)C(C)(C)N. The minimum absolute atomic E-state index is 0.0145. The van der Waals surface area contributed by atoms with E-state index in [0.717, 1.165) is 16.5 Å². The Hall–Kier alpha value is -4.45. The molecular formula is C27H32N6O6. The van der Waals surface area contributed by atoms with E-state index in [2.05, 4.69) is 10.3 Å². The molecule has 2 aromatic carbocycles. The van der Waals surface area contributed by atoms with E-state index in [1.54, 1.807) is 43.1 Å². The van der Waals surface area contributed by atoms with Crippen LogP contribution in [0.25, 0.3) is 10.9 Å². The number of aromatic amines is 1. The second-order valence-corrected chi connectivity index (χ2v) is 10.1. The number of para-hydroxylation sites is 3. The summed E-state index contributed by atoms with van der Waals surface area (Å²) in [5.41, 5.74) is 6.70. The molecule has 1 unspecified atom stereocenters. The highest BCUT2D eigenvalue weighted by Crippen LogP contribution is 2.30. The highest BCUT2D eigenvalue weighted by Gasteiger charge is 2.41. The maximum Gasteiger partial charge on any atom is 0.330 e. The molecule has 0 saturated carbocycles. The van der Waals surface area contributed by atoms with Gasteiger partial charge >= 0.3 is 5.97 Å². The molecule has 1 aliphatic heterocycles. The van der Waals surface area contributed by atoms with Crippen molar-refractivity contribution < 1.29 is 24.0 Å². The second-order valence-electron chi connectivity index (χ2n) is 10.1. The number of amides is 2. The van der Waals surface area contributed by atoms with Gasteiger partial charge in [-0.3, -0.25) is 19.7 Å². The molecule has 2 heterocycles. The fraction of sp³-hybridized carbons (Fsp3) is 0.370. The first-order valence-electron chi connectivity index (χ1n) is 12.5. The summed E-state index contributed by atoms with van der Waals surface area (Å²) in [7, 11) is 1.22. The number of carbonyl (C=O) groups is 3. The van der Waals surface area contributed by atoms with Crippen LogP contribution < -0.4 is 16.0 Å². The van der Waals surface area contributed by atoms with Crippen molar-refractivity contribution in [1.29, 1.82) is 0 Å². The summed E-state index contributed by atoms with van der Waals surface area (Å²) in [6.07, 6.45) is 1.94. The van der Waals surface area contributed by atoms with E-state index in [1.807, 2.05) is 24.3 Å². The molecule has 12 heteroatoms. The Kier molecular flexibility index (Phi) is 7.86. The Morgan fingerprint density at radius 3 is 2.56 bits per heavy atom. The highest BCUT2D eigenvalue weighted by molar-refractivity contribution is 5.94. The predicted molar refractivity (Wildman–Crippen MR) is 145 cm³/mol. The van der Waals surface area contributed by atoms with Gasteiger partial charge in [0.25, 0.3) is 5.69 Å². The summed E-state index contributed by atoms with van der Waals surface area (Å²) in [6.45, 7) is 3.38. The van der Waals surface area contributed by atoms with Crippen LogP contribution in [0.4, 0.5) is 11.4 Å². The molecule has 1 aliphatic rings. The number of nitrogens with two attached hydrogens (primary N) is 1. The number of benzene rings is 2. The maximum atomic E-state index is 14.0. The van der Waals surface area contributed by atoms with E-state index in [0.29, 0.717) is 5.69 Å². The molecule has 0 spiro atoms. The van der Waals surface area contributed by atoms with Crippen molar-refractivity contribution in [2.24, 2.45) is 5.73 Å². The average Bonchev–Trinajstić information content (AvgIpc) is 3.33. The van der Waals surface area contributed by atoms with Gasteiger partial charge in [0.05, 0.1) is 17.6 Å². The van der Waals surface area contributed by atoms with Crippen molar-refractivity contribution in [2.75, 3.05) is 31.6 Å². The molecule has 1 fully saturated rings. The molecule has 0 radical (unpaired) electrons. The molecule has 2 amide bonds. The monoisotopic (exact) mass is 536 g/mol. The number of ether oxygens (including phenoxy) is 1. The number of aromatic nitrogens is 1. The lowest BCUT2D eigenvalue weighted by Gasteiger charge is -2.42. The van der Waals surface area contributed by atoms with Gasteiger partial charge in [-0.05, 0) is 31.5 Å². The number of rotatable bonds is 8. The van der Waals surface area contributed by atoms with Crippen LogP contribution in [0.5, 0.6) is 0 Å². The fourth-order valence-corrected chi connectivity index (χ4v) is 4.75. The number of hydrogen-bond donors (Lipinski definition) is 3. The number of nitro benzene ring substituents is 1. The van der Waals surface area contributed by atoms with Crippen LogP contribution >= 0.6 is 0 Å². The summed E-state index contributed by atoms with van der Waals surface area (Å²) in [5.74, 6) is -1.66. The number of fused-ring (bicyclic) bond motifs is 1. The number of nitrogens with one attached hydrogen (secondary N) is 2. The van der Waals surface area contributed by atoms with Crippen molar-refractivity contribution in [3.63, 3.8) is 0 Å². The van der Waals surface area contributed by atoms with Crippen LogP contribution in [0.15, 0.2) is 54.7 Å². The maximum absolute atomic E-state index is 14.0. The Labute approximate surface area is 225 Å². The zero-order valence-corrected chi connectivity index (χ0v) is 22.0. The van der Waals surface area contributed by atoms with Gasteiger partial charge in [0, 0.05) is 49.2 Å². The first-order valence-corrected chi connectivity index (χ1v) is 12.5. The predicted octanol–water partition coefficient (Wildman–Crippen LogP) is 1.73. The zero-order chi connectivity index (χ0) is 28.3. The largest absolute Gasteiger partial charge is 0.467 e. The third-order valence-electron chi connectivity index (χ3n) is 6.84. The molecule has 4 rings (SSSR count). The summed E-state index contributed by atoms with van der Waals surface area (Å²) in [5, 5.41) is 15.3. The topological polar surface area (TPSA) is 164 Å². The van der Waals surface area contributed by atoms with Gasteiger partial charge in [0.2, 0.25) is 11.8 Å². The summed E-state index contributed by atoms with van der Waals surface area (Å²) in [6, 6.07) is 11.8. The first kappa shape index (κ1) is 27.6. The first-order chi connectivity index (χ1) is 18.5. The van der Waals surface area contributed by atoms with Gasteiger partial charge in [-0.2, -0.15) is 0 Å². The van der Waals surface area contributed by atoms with E-state index < -0.39 is 40.3 Å². The summed E-state index contributed by atoms with van der Waals surface area (Å²) in [4.78, 5) is 57.1. The number of anilines is 1. The smallest absolute Gasteiger partial charge is 0.330 e. The van der Waals surface area contributed by atoms with Crippen LogP contribution in [0.1, 0.15) is 19.4 Å². The number of carbonyl (C=O) groups excluding carboxylic acids is 3. The molecule has 1 aromatic heterocycles. The average molecular weight is 537 g/mol. The number of hydrogen-bond acceptors (Lipinski definition) is 8. The molecular weight excluding hydrogens is 504 g/mol. The number of piperazine rings is 1. The Morgan fingerprint density at radius 1 is 1.18 bits per heavy atom. The van der Waals surface area contributed by atoms with Crippen LogP contribution in [-0.2, 0) is 25.5 Å². The van der Waals surface area contributed by atoms with Crippen molar-refractivity contribution in [3.8, 4) is 0 Å². The Bertz CT molecular complexity index is 1400. The molecule has 2 atom stereocenters. The summed E-state index contributed by atoms with van der Waals surface area (Å²) < 4.78 is 5.00. The van der Waals surface area contributed by atoms with E-state index in [-0.39, 0.29) is 31.7 Å². The van der Waals surface area contributed by atoms with Crippen LogP contribution in [-0.4, -0.2) is 77.0 Å². The minimum atomic E-state index is -1.24. The standard InChI is InChI=1S/C27H32N6O6/c1-27(2,28)26(36)30-20(14-17-15-29-19-9-5-4-8-18(17)19)24(34)32-13-12-31(16-23(32)25(35)39-3)21-10-6-7-11-22(21)33(37)38/h4-11,15,20,23,29H,12-14,16,28H2,1-3H3,(H,30,36)/t20-,23?/m1/s1. The number of methoxy groups -OCH3 is 1. The van der Waals surface area contributed by atoms with Gasteiger partial charge in [-0.15, -0.1) is 0 Å². The molecule has 4 N–H and O–H groups in total. The van der Waals surface area contributed by atoms with Crippen molar-refractivity contribution in [3.05, 3.63) is 70.4 Å². The minimum Gasteiger partial charge on any atom is -0.467 e. The van der Waals surface area contributed by atoms with E-state index >= 15 is 0 Å². The van der Waals surface area contributed by atoms with E-state index in [9.17, 15) is 24.5 Å². The quantitative estimate of drug-likeness (QED) is 0.223. The summed E-state index contributed by atoms with van der Waals surface area (Å²) >= 11 is 0. The van der Waals surface area contributed by atoms with Gasteiger partial charge in [-0.25, -0.2) is 4.79 Å². The van der Waals surface area contributed by atoms with Crippen LogP contribution in [0.2, 0.25) is 0 Å². The molecule has 12 nitrogen and oxygen atoms in total. The van der Waals surface area contributed by atoms with Gasteiger partial charge in [0.15, 0.2) is 0 Å². The zero-order valence-electron chi connectivity index (χ0n) is 22.0. The van der Waals surface area contributed by atoms with Gasteiger partial charge < -0.3 is 30.6 Å². The second kappa shape index (κ2) is 11.1. The van der Waals surface area contributed by atoms with Crippen LogP contribution in [0.3, 0.4) is 0 Å². The Morgan fingerprint density at radius 2 is 1.87 bits per heavy atom. The lowest BCUT2D eigenvalue weighted by atomic mass is 9.99. The van der Waals surface area contributed by atoms with Crippen molar-refractivity contribution >= 4 is 40.1 Å². The van der Waals surface area contributed by atoms with E-state index in [1.165, 1.54) is 18.1 Å². The number of esters is 1. The van der Waals surface area contributed by atoms with Crippen LogP contribution in [0, 0.1) is 10.1 Å². The molecule has 3 aromatic rings. The molecule has 206 valence electrons. The third-order valence-corrected chi connectivity index (χ3v) is 6.84. The number of nitro groups is 1. The number of H-pyrrole nitrogens is 1. The Balaban J connectivity index is 1.65. The fourth-order valence-electron chi connectivity index (χ4n) is 4.75. The van der Waals surface area contributed by atoms with Gasteiger partial charge in [0.1, 0.15) is 17.8 Å². The normalized spacial score (nSPS) is 16.6. The molecule has 0 bridgehead atoms. The lowest BCUT2D eigenvalue weighted by molar-refractivity contribution is -0.384. The lowest BCUT2D eigenvalue weighted by Crippen LogP contribution is -2.64. The van der Waals surface area contributed by atoms with Crippen molar-refractivity contribution in [1.82, 2.24) is 15.2 Å². The number of nitrogens with zero attached hydrogens (tertiary/aromatic N) is 3. The molecule has 0 aliphatic carbocycles. The highest BCUT2D eigenvalue weighted by atomic mass is 16.6. The molecule has 1 saturated heterocycles. The van der Waals surface area contributed by atoms with E-state index in [4.69, 9.17) is 10.5 Å². The van der Waals surface area contributed by atoms with Crippen molar-refractivity contribution in [2.45, 2.75) is 37.9 Å². The van der Waals surface area contributed by atoms with Gasteiger partial charge in [-0.1, -0.05) is 30.3 Å². The third kappa shape index (κ3) is 5.85.